The zero-order valence-electron chi connectivity index (χ0n) is 45.5. The second kappa shape index (κ2) is 22.1. The molecule has 0 aliphatic heterocycles. The summed E-state index contributed by atoms with van der Waals surface area (Å²) in [5.74, 6) is 0. The molecule has 0 unspecified atom stereocenters. The van der Waals surface area contributed by atoms with Crippen molar-refractivity contribution in [2.75, 3.05) is 9.80 Å². The third kappa shape index (κ3) is 9.19. The van der Waals surface area contributed by atoms with Gasteiger partial charge in [0.15, 0.2) is 0 Å². The molecule has 0 saturated carbocycles. The predicted octanol–water partition coefficient (Wildman–Crippen LogP) is 21.6. The van der Waals surface area contributed by atoms with Gasteiger partial charge in [0.25, 0.3) is 0 Å². The first kappa shape index (κ1) is 50.0. The Hall–Kier alpha value is -11.3. The lowest BCUT2D eigenvalue weighted by Crippen LogP contribution is -2.10. The van der Waals surface area contributed by atoms with Gasteiger partial charge in [0.1, 0.15) is 6.07 Å². The molecule has 0 radical (unpaired) electrons. The van der Waals surface area contributed by atoms with E-state index in [0.717, 1.165) is 128 Å². The van der Waals surface area contributed by atoms with Crippen LogP contribution in [0.2, 0.25) is 0 Å². The van der Waals surface area contributed by atoms with E-state index in [1.54, 1.807) is 0 Å². The lowest BCUT2D eigenvalue weighted by atomic mass is 9.79. The third-order valence-electron chi connectivity index (χ3n) is 15.8. The van der Waals surface area contributed by atoms with Crippen molar-refractivity contribution < 1.29 is 0 Å². The van der Waals surface area contributed by atoms with Crippen molar-refractivity contribution in [3.8, 4) is 78.5 Å². The molecule has 0 atom stereocenters. The number of hydrogen-bond donors (Lipinski definition) is 0. The van der Waals surface area contributed by atoms with Gasteiger partial charge < -0.3 is 14.4 Å². The highest BCUT2D eigenvalue weighted by Gasteiger charge is 2.31. The lowest BCUT2D eigenvalue weighted by Gasteiger charge is -2.28. The number of nitriles is 1. The molecule has 0 aliphatic carbocycles. The van der Waals surface area contributed by atoms with E-state index in [1.807, 2.05) is 12.1 Å². The molecule has 4 heteroatoms. The monoisotopic (exact) mass is 1060 g/mol. The molecule has 1 heterocycles. The topological polar surface area (TPSA) is 35.2 Å². The second-order valence-electron chi connectivity index (χ2n) is 20.6. The molecule has 0 amide bonds. The Bertz CT molecular complexity index is 4270. The van der Waals surface area contributed by atoms with Gasteiger partial charge in [-0.25, -0.2) is 0 Å². The second-order valence-corrected chi connectivity index (χ2v) is 20.6. The standard InChI is InChI=1S/C79H54N4/c80-55-70-75(56-29-9-1-10-30-56)77(58-33-13-3-14-34-58)79(78(59-35-15-4-16-36-59)76(70)57-31-11-2-12-32-57)83-73-51-49-60(66-45-25-27-47-71(66)81(62-37-17-5-18-38-62)63-39-19-6-20-40-63)53-68(73)69-54-61(50-52-74(69)83)67-46-26-28-48-72(67)82(64-41-21-7-22-42-64)65-43-23-8-24-44-65/h1-54H. The maximum atomic E-state index is 11.9. The summed E-state index contributed by atoms with van der Waals surface area (Å²) in [5.41, 5.74) is 22.0. The fourth-order valence-electron chi connectivity index (χ4n) is 12.2. The van der Waals surface area contributed by atoms with Crippen LogP contribution in [-0.2, 0) is 0 Å². The quantitative estimate of drug-likeness (QED) is 0.115. The molecule has 0 fully saturated rings. The fourth-order valence-corrected chi connectivity index (χ4v) is 12.2. The number of aromatic nitrogens is 1. The zero-order chi connectivity index (χ0) is 55.5. The minimum absolute atomic E-state index is 0.616. The van der Waals surface area contributed by atoms with Crippen LogP contribution in [0, 0.1) is 11.3 Å². The van der Waals surface area contributed by atoms with E-state index in [4.69, 9.17) is 0 Å². The number of fused-ring (bicyclic) bond motifs is 3. The Balaban J connectivity index is 1.13. The summed E-state index contributed by atoms with van der Waals surface area (Å²) >= 11 is 0. The van der Waals surface area contributed by atoms with Gasteiger partial charge in [0, 0.05) is 66.9 Å². The Kier molecular flexibility index (Phi) is 13.3. The van der Waals surface area contributed by atoms with Gasteiger partial charge in [-0.05, 0) is 118 Å². The van der Waals surface area contributed by atoms with Crippen molar-refractivity contribution in [3.63, 3.8) is 0 Å². The van der Waals surface area contributed by atoms with E-state index < -0.39 is 0 Å². The van der Waals surface area contributed by atoms with E-state index in [0.29, 0.717) is 5.56 Å². The molecule has 83 heavy (non-hydrogen) atoms. The van der Waals surface area contributed by atoms with Crippen LogP contribution in [0.25, 0.3) is 94.3 Å². The molecule has 4 nitrogen and oxygen atoms in total. The van der Waals surface area contributed by atoms with Gasteiger partial charge in [-0.1, -0.05) is 243 Å². The molecule has 0 bridgehead atoms. The summed E-state index contributed by atoms with van der Waals surface area (Å²) in [5, 5.41) is 14.0. The highest BCUT2D eigenvalue weighted by Crippen LogP contribution is 2.53. The van der Waals surface area contributed by atoms with Gasteiger partial charge in [0.2, 0.25) is 0 Å². The van der Waals surface area contributed by atoms with Crippen molar-refractivity contribution in [3.05, 3.63) is 333 Å². The normalized spacial score (nSPS) is 11.1. The van der Waals surface area contributed by atoms with Gasteiger partial charge in [-0.15, -0.1) is 0 Å². The van der Waals surface area contributed by atoms with E-state index in [2.05, 4.69) is 336 Å². The summed E-state index contributed by atoms with van der Waals surface area (Å²) in [4.78, 5) is 4.71. The van der Waals surface area contributed by atoms with Crippen LogP contribution < -0.4 is 9.80 Å². The number of rotatable bonds is 13. The van der Waals surface area contributed by atoms with Gasteiger partial charge in [0.05, 0.1) is 33.7 Å². The first-order valence-electron chi connectivity index (χ1n) is 28.2. The molecular formula is C79H54N4. The highest BCUT2D eigenvalue weighted by molar-refractivity contribution is 6.16. The Morgan fingerprint density at radius 1 is 0.265 bits per heavy atom. The first-order valence-corrected chi connectivity index (χ1v) is 28.2. The van der Waals surface area contributed by atoms with Gasteiger partial charge in [-0.3, -0.25) is 0 Å². The largest absolute Gasteiger partial charge is 0.310 e. The average molecular weight is 1060 g/mol. The minimum atomic E-state index is 0.616. The minimum Gasteiger partial charge on any atom is -0.310 e. The van der Waals surface area contributed by atoms with Crippen LogP contribution in [-0.4, -0.2) is 4.57 Å². The maximum Gasteiger partial charge on any atom is 0.100 e. The van der Waals surface area contributed by atoms with Crippen molar-refractivity contribution >= 4 is 55.9 Å². The summed E-state index contributed by atoms with van der Waals surface area (Å²) in [6.07, 6.45) is 0. The highest BCUT2D eigenvalue weighted by atomic mass is 15.1. The van der Waals surface area contributed by atoms with E-state index in [-0.39, 0.29) is 0 Å². The van der Waals surface area contributed by atoms with E-state index in [9.17, 15) is 5.26 Å². The van der Waals surface area contributed by atoms with Crippen LogP contribution >= 0.6 is 0 Å². The van der Waals surface area contributed by atoms with Crippen LogP contribution in [0.15, 0.2) is 328 Å². The SMILES string of the molecule is N#Cc1c(-c2ccccc2)c(-c2ccccc2)c(-n2c3ccc(-c4ccccc4N(c4ccccc4)c4ccccc4)cc3c3cc(-c4ccccc4N(c4ccccc4)c4ccccc4)ccc32)c(-c2ccccc2)c1-c1ccccc1. The summed E-state index contributed by atoms with van der Waals surface area (Å²) in [6, 6.07) is 119. The first-order chi connectivity index (χ1) is 41.2. The van der Waals surface area contributed by atoms with E-state index in [1.165, 1.54) is 0 Å². The molecule has 13 aromatic carbocycles. The van der Waals surface area contributed by atoms with Crippen LogP contribution in [0.5, 0.6) is 0 Å². The Morgan fingerprint density at radius 3 is 0.855 bits per heavy atom. The molecule has 0 N–H and O–H groups in total. The zero-order valence-corrected chi connectivity index (χ0v) is 45.5. The van der Waals surface area contributed by atoms with Crippen LogP contribution in [0.3, 0.4) is 0 Å². The van der Waals surface area contributed by atoms with Gasteiger partial charge in [-0.2, -0.15) is 5.26 Å². The van der Waals surface area contributed by atoms with Gasteiger partial charge >= 0.3 is 0 Å². The van der Waals surface area contributed by atoms with Crippen LogP contribution in [0.4, 0.5) is 34.1 Å². The molecule has 0 saturated heterocycles. The fraction of sp³-hybridized carbons (Fsp3) is 0. The molecule has 14 rings (SSSR count). The summed E-state index contributed by atoms with van der Waals surface area (Å²) in [6.45, 7) is 0. The van der Waals surface area contributed by atoms with Crippen molar-refractivity contribution in [2.45, 2.75) is 0 Å². The number of anilines is 6. The van der Waals surface area contributed by atoms with Crippen molar-refractivity contribution in [1.29, 1.82) is 5.26 Å². The maximum absolute atomic E-state index is 11.9. The van der Waals surface area contributed by atoms with Crippen molar-refractivity contribution in [2.24, 2.45) is 0 Å². The molecule has 1 aromatic heterocycles. The Labute approximate surface area is 484 Å². The third-order valence-corrected chi connectivity index (χ3v) is 15.8. The molecule has 0 spiro atoms. The smallest absolute Gasteiger partial charge is 0.100 e. The van der Waals surface area contributed by atoms with Crippen LogP contribution in [0.1, 0.15) is 5.56 Å². The molecular weight excluding hydrogens is 1000 g/mol. The summed E-state index contributed by atoms with van der Waals surface area (Å²) < 4.78 is 2.50. The summed E-state index contributed by atoms with van der Waals surface area (Å²) in [7, 11) is 0. The number of para-hydroxylation sites is 6. The number of benzene rings is 13. The predicted molar refractivity (Wildman–Crippen MR) is 347 cm³/mol. The lowest BCUT2D eigenvalue weighted by molar-refractivity contribution is 1.18. The number of nitrogens with zero attached hydrogens (tertiary/aromatic N) is 4. The molecule has 0 aliphatic rings. The molecule has 390 valence electrons. The molecule has 14 aromatic rings. The van der Waals surface area contributed by atoms with E-state index >= 15 is 0 Å². The number of hydrogen-bond acceptors (Lipinski definition) is 3. The average Bonchev–Trinajstić information content (AvgIpc) is 3.14. The van der Waals surface area contributed by atoms with Crippen molar-refractivity contribution in [1.82, 2.24) is 4.57 Å². The Morgan fingerprint density at radius 2 is 0.542 bits per heavy atom.